The third-order valence-electron chi connectivity index (χ3n) is 3.37. The molecule has 80 valence electrons. The van der Waals surface area contributed by atoms with E-state index < -0.39 is 0 Å². The first kappa shape index (κ1) is 9.97. The normalized spacial score (nSPS) is 29.5. The van der Waals surface area contributed by atoms with Gasteiger partial charge in [0.05, 0.1) is 12.5 Å². The summed E-state index contributed by atoms with van der Waals surface area (Å²) < 4.78 is 5.24. The maximum atomic E-state index is 12.0. The van der Waals surface area contributed by atoms with Gasteiger partial charge in [-0.05, 0) is 25.2 Å². The van der Waals surface area contributed by atoms with Gasteiger partial charge in [0, 0.05) is 19.7 Å². The van der Waals surface area contributed by atoms with E-state index in [1.807, 2.05) is 4.90 Å². The van der Waals surface area contributed by atoms with Gasteiger partial charge in [0.25, 0.3) is 0 Å². The van der Waals surface area contributed by atoms with Crippen LogP contribution in [0.3, 0.4) is 0 Å². The van der Waals surface area contributed by atoms with E-state index in [-0.39, 0.29) is 5.92 Å². The van der Waals surface area contributed by atoms with E-state index in [2.05, 4.69) is 6.92 Å². The average molecular weight is 197 g/mol. The summed E-state index contributed by atoms with van der Waals surface area (Å²) in [5, 5.41) is 0. The Morgan fingerprint density at radius 2 is 2.00 bits per heavy atom. The third-order valence-corrected chi connectivity index (χ3v) is 3.37. The minimum absolute atomic E-state index is 0.156. The van der Waals surface area contributed by atoms with Gasteiger partial charge in [0.15, 0.2) is 0 Å². The van der Waals surface area contributed by atoms with Crippen LogP contribution < -0.4 is 0 Å². The van der Waals surface area contributed by atoms with E-state index in [1.165, 1.54) is 12.8 Å². The van der Waals surface area contributed by atoms with E-state index in [4.69, 9.17) is 4.74 Å². The summed E-state index contributed by atoms with van der Waals surface area (Å²) in [6.07, 6.45) is 3.25. The second kappa shape index (κ2) is 4.30. The number of piperidine rings is 1. The van der Waals surface area contributed by atoms with Gasteiger partial charge in [-0.3, -0.25) is 4.79 Å². The van der Waals surface area contributed by atoms with Crippen molar-refractivity contribution in [1.82, 2.24) is 4.90 Å². The first-order valence-electron chi connectivity index (χ1n) is 5.64. The lowest BCUT2D eigenvalue weighted by molar-refractivity contribution is -0.136. The third kappa shape index (κ3) is 2.08. The maximum Gasteiger partial charge on any atom is 0.228 e. The van der Waals surface area contributed by atoms with Gasteiger partial charge in [0.1, 0.15) is 0 Å². The zero-order valence-electron chi connectivity index (χ0n) is 8.87. The number of ether oxygens (including phenoxy) is 1. The first-order valence-corrected chi connectivity index (χ1v) is 5.64. The molecule has 14 heavy (non-hydrogen) atoms. The summed E-state index contributed by atoms with van der Waals surface area (Å²) in [6, 6.07) is 0. The smallest absolute Gasteiger partial charge is 0.228 e. The van der Waals surface area contributed by atoms with Gasteiger partial charge in [-0.15, -0.1) is 0 Å². The van der Waals surface area contributed by atoms with Gasteiger partial charge >= 0.3 is 0 Å². The van der Waals surface area contributed by atoms with Crippen LogP contribution in [0.1, 0.15) is 26.2 Å². The van der Waals surface area contributed by atoms with Gasteiger partial charge in [0.2, 0.25) is 5.91 Å². The van der Waals surface area contributed by atoms with Crippen molar-refractivity contribution in [2.45, 2.75) is 26.2 Å². The summed E-state index contributed by atoms with van der Waals surface area (Å²) in [6.45, 7) is 5.58. The molecule has 0 aromatic rings. The second-order valence-electron chi connectivity index (χ2n) is 4.57. The predicted octanol–water partition coefficient (Wildman–Crippen LogP) is 1.28. The number of amides is 1. The number of hydrogen-bond acceptors (Lipinski definition) is 2. The molecule has 0 aromatic heterocycles. The molecule has 1 unspecified atom stereocenters. The van der Waals surface area contributed by atoms with Crippen molar-refractivity contribution >= 4 is 5.91 Å². The molecule has 2 fully saturated rings. The maximum absolute atomic E-state index is 12.0. The Morgan fingerprint density at radius 1 is 1.29 bits per heavy atom. The Morgan fingerprint density at radius 3 is 2.57 bits per heavy atom. The standard InChI is InChI=1S/C11H19NO2/c1-9-2-5-12(6-3-9)11(13)10-4-7-14-8-10/h9-10H,2-8H2,1H3. The molecule has 2 aliphatic heterocycles. The SMILES string of the molecule is CC1CCN(C(=O)C2CCOC2)CC1. The van der Waals surface area contributed by atoms with Crippen LogP contribution in [0.25, 0.3) is 0 Å². The molecule has 2 heterocycles. The second-order valence-corrected chi connectivity index (χ2v) is 4.57. The molecule has 0 radical (unpaired) electrons. The molecule has 2 saturated heterocycles. The van der Waals surface area contributed by atoms with E-state index in [0.717, 1.165) is 32.0 Å². The molecule has 0 aliphatic carbocycles. The van der Waals surface area contributed by atoms with Crippen molar-refractivity contribution in [1.29, 1.82) is 0 Å². The molecule has 0 aromatic carbocycles. The molecule has 3 nitrogen and oxygen atoms in total. The molecule has 2 aliphatic rings. The van der Waals surface area contributed by atoms with E-state index in [0.29, 0.717) is 12.5 Å². The van der Waals surface area contributed by atoms with Crippen LogP contribution in [-0.4, -0.2) is 37.1 Å². The number of hydrogen-bond donors (Lipinski definition) is 0. The Bertz CT molecular complexity index is 203. The van der Waals surface area contributed by atoms with Crippen molar-refractivity contribution in [3.63, 3.8) is 0 Å². The minimum atomic E-state index is 0.156. The predicted molar refractivity (Wildman–Crippen MR) is 53.9 cm³/mol. The molecule has 0 spiro atoms. The summed E-state index contributed by atoms with van der Waals surface area (Å²) in [5.41, 5.74) is 0. The van der Waals surface area contributed by atoms with Crippen molar-refractivity contribution in [3.8, 4) is 0 Å². The Hall–Kier alpha value is -0.570. The fourth-order valence-electron chi connectivity index (χ4n) is 2.22. The lowest BCUT2D eigenvalue weighted by Gasteiger charge is -2.31. The quantitative estimate of drug-likeness (QED) is 0.633. The lowest BCUT2D eigenvalue weighted by Crippen LogP contribution is -2.41. The molecule has 2 rings (SSSR count). The van der Waals surface area contributed by atoms with E-state index >= 15 is 0 Å². The zero-order valence-corrected chi connectivity index (χ0v) is 8.87. The topological polar surface area (TPSA) is 29.5 Å². The highest BCUT2D eigenvalue weighted by molar-refractivity contribution is 5.79. The Balaban J connectivity index is 1.85. The largest absolute Gasteiger partial charge is 0.381 e. The highest BCUT2D eigenvalue weighted by Gasteiger charge is 2.29. The fraction of sp³-hybridized carbons (Fsp3) is 0.909. The summed E-state index contributed by atoms with van der Waals surface area (Å²) in [7, 11) is 0. The van der Waals surface area contributed by atoms with Crippen molar-refractivity contribution in [3.05, 3.63) is 0 Å². The number of carbonyl (C=O) groups is 1. The van der Waals surface area contributed by atoms with Crippen LogP contribution in [0.5, 0.6) is 0 Å². The number of carbonyl (C=O) groups excluding carboxylic acids is 1. The molecule has 0 saturated carbocycles. The van der Waals surface area contributed by atoms with Crippen LogP contribution >= 0.6 is 0 Å². The lowest BCUT2D eigenvalue weighted by atomic mass is 9.97. The van der Waals surface area contributed by atoms with Gasteiger partial charge in [-0.1, -0.05) is 6.92 Å². The monoisotopic (exact) mass is 197 g/mol. The van der Waals surface area contributed by atoms with Crippen molar-refractivity contribution in [2.75, 3.05) is 26.3 Å². The van der Waals surface area contributed by atoms with Gasteiger partial charge in [-0.2, -0.15) is 0 Å². The van der Waals surface area contributed by atoms with Crippen LogP contribution in [0.15, 0.2) is 0 Å². The molecular formula is C11H19NO2. The zero-order chi connectivity index (χ0) is 9.97. The summed E-state index contributed by atoms with van der Waals surface area (Å²) in [4.78, 5) is 14.0. The summed E-state index contributed by atoms with van der Waals surface area (Å²) >= 11 is 0. The Labute approximate surface area is 85.4 Å². The van der Waals surface area contributed by atoms with Crippen LogP contribution in [0.4, 0.5) is 0 Å². The van der Waals surface area contributed by atoms with Crippen LogP contribution in [0, 0.1) is 11.8 Å². The average Bonchev–Trinajstić information content (AvgIpc) is 2.71. The van der Waals surface area contributed by atoms with E-state index in [1.54, 1.807) is 0 Å². The van der Waals surface area contributed by atoms with Crippen molar-refractivity contribution in [2.24, 2.45) is 11.8 Å². The number of rotatable bonds is 1. The molecule has 3 heteroatoms. The fourth-order valence-corrected chi connectivity index (χ4v) is 2.22. The molecule has 0 N–H and O–H groups in total. The molecule has 1 atom stereocenters. The highest BCUT2D eigenvalue weighted by Crippen LogP contribution is 2.21. The summed E-state index contributed by atoms with van der Waals surface area (Å²) in [5.74, 6) is 1.27. The molecule has 0 bridgehead atoms. The highest BCUT2D eigenvalue weighted by atomic mass is 16.5. The van der Waals surface area contributed by atoms with Crippen LogP contribution in [-0.2, 0) is 9.53 Å². The first-order chi connectivity index (χ1) is 6.77. The molecular weight excluding hydrogens is 178 g/mol. The number of nitrogens with zero attached hydrogens (tertiary/aromatic N) is 1. The van der Waals surface area contributed by atoms with Gasteiger partial charge < -0.3 is 9.64 Å². The van der Waals surface area contributed by atoms with Crippen molar-refractivity contribution < 1.29 is 9.53 Å². The van der Waals surface area contributed by atoms with Crippen LogP contribution in [0.2, 0.25) is 0 Å². The minimum Gasteiger partial charge on any atom is -0.381 e. The van der Waals surface area contributed by atoms with E-state index in [9.17, 15) is 4.79 Å². The Kier molecular flexibility index (Phi) is 3.06. The number of likely N-dealkylation sites (tertiary alicyclic amines) is 1. The molecule has 1 amide bonds. The van der Waals surface area contributed by atoms with Gasteiger partial charge in [-0.25, -0.2) is 0 Å².